The van der Waals surface area contributed by atoms with Crippen molar-refractivity contribution in [2.75, 3.05) is 12.5 Å². The third kappa shape index (κ3) is 1.81. The molecule has 1 rings (SSSR count). The number of aromatic nitrogens is 1. The zero-order valence-electron chi connectivity index (χ0n) is 5.55. The van der Waals surface area contributed by atoms with Crippen molar-refractivity contribution in [3.05, 3.63) is 5.15 Å². The van der Waals surface area contributed by atoms with Gasteiger partial charge in [0.15, 0.2) is 9.49 Å². The van der Waals surface area contributed by atoms with Crippen LogP contribution in [0.2, 0.25) is 5.15 Å². The molecule has 0 aliphatic carbocycles. The van der Waals surface area contributed by atoms with E-state index in [-0.39, 0.29) is 0 Å². The Hall–Kier alpha value is 0.620. The molecule has 5 heteroatoms. The number of rotatable bonds is 2. The average molecular weight is 212 g/mol. The van der Waals surface area contributed by atoms with Gasteiger partial charge in [-0.2, -0.15) is 0 Å². The van der Waals surface area contributed by atoms with Crippen LogP contribution in [-0.4, -0.2) is 17.5 Å². The Labute approximate surface area is 77.6 Å². The van der Waals surface area contributed by atoms with E-state index >= 15 is 0 Å². The highest BCUT2D eigenvalue weighted by atomic mass is 35.5. The third-order valence-electron chi connectivity index (χ3n) is 0.898. The highest BCUT2D eigenvalue weighted by molar-refractivity contribution is 8.02. The number of hydrogen-bond acceptors (Lipinski definition) is 4. The van der Waals surface area contributed by atoms with Crippen molar-refractivity contribution in [3.8, 4) is 0 Å². The number of hydrogen-bond donors (Lipinski definition) is 0. The van der Waals surface area contributed by atoms with Crippen LogP contribution in [0.4, 0.5) is 0 Å². The molecule has 1 aromatic heterocycles. The second-order valence-corrected chi connectivity index (χ2v) is 4.95. The summed E-state index contributed by atoms with van der Waals surface area (Å²) in [6.45, 7) is 0. The topological polar surface area (TPSA) is 12.9 Å². The van der Waals surface area contributed by atoms with Crippen molar-refractivity contribution < 1.29 is 0 Å². The van der Waals surface area contributed by atoms with Crippen LogP contribution in [-0.2, 0) is 0 Å². The SMILES string of the molecule is CSc1nc(Cl)c(SC)s1. The predicted molar refractivity (Wildman–Crippen MR) is 50.7 cm³/mol. The van der Waals surface area contributed by atoms with E-state index < -0.39 is 0 Å². The Kier molecular flexibility index (Phi) is 3.36. The Balaban J connectivity index is 2.92. The maximum Gasteiger partial charge on any atom is 0.155 e. The molecule has 1 nitrogen and oxygen atoms in total. The molecule has 0 saturated heterocycles. The van der Waals surface area contributed by atoms with Crippen molar-refractivity contribution in [3.63, 3.8) is 0 Å². The fourth-order valence-corrected chi connectivity index (χ4v) is 3.15. The smallest absolute Gasteiger partial charge is 0.155 e. The number of thiazole rings is 1. The molecule has 0 atom stereocenters. The highest BCUT2D eigenvalue weighted by Gasteiger charge is 2.05. The van der Waals surface area contributed by atoms with E-state index in [9.17, 15) is 0 Å². The molecule has 0 spiro atoms. The fraction of sp³-hybridized carbons (Fsp3) is 0.400. The quantitative estimate of drug-likeness (QED) is 0.698. The van der Waals surface area contributed by atoms with E-state index in [1.807, 2.05) is 12.5 Å². The van der Waals surface area contributed by atoms with Gasteiger partial charge in [-0.05, 0) is 12.5 Å². The Morgan fingerprint density at radius 3 is 2.40 bits per heavy atom. The zero-order valence-corrected chi connectivity index (χ0v) is 8.76. The number of nitrogens with zero attached hydrogens (tertiary/aromatic N) is 1. The second-order valence-electron chi connectivity index (χ2n) is 1.47. The summed E-state index contributed by atoms with van der Waals surface area (Å²) < 4.78 is 2.14. The first-order valence-corrected chi connectivity index (χ1v) is 6.16. The summed E-state index contributed by atoms with van der Waals surface area (Å²) in [5, 5.41) is 0.641. The highest BCUT2D eigenvalue weighted by Crippen LogP contribution is 2.34. The Bertz CT molecular complexity index is 223. The first-order valence-electron chi connectivity index (χ1n) is 2.52. The minimum atomic E-state index is 0.641. The minimum absolute atomic E-state index is 0.641. The van der Waals surface area contributed by atoms with Crippen LogP contribution in [0.3, 0.4) is 0 Å². The summed E-state index contributed by atoms with van der Waals surface area (Å²) in [5.74, 6) is 0. The van der Waals surface area contributed by atoms with Gasteiger partial charge in [-0.25, -0.2) is 4.98 Å². The molecular formula is C5H6ClNS3. The molecule has 0 amide bonds. The summed E-state index contributed by atoms with van der Waals surface area (Å²) in [6.07, 6.45) is 4.00. The van der Waals surface area contributed by atoms with E-state index in [1.165, 1.54) is 0 Å². The van der Waals surface area contributed by atoms with Crippen LogP contribution in [0.1, 0.15) is 0 Å². The van der Waals surface area contributed by atoms with Crippen LogP contribution in [0.5, 0.6) is 0 Å². The van der Waals surface area contributed by atoms with Gasteiger partial charge in [0.1, 0.15) is 0 Å². The van der Waals surface area contributed by atoms with Gasteiger partial charge >= 0.3 is 0 Å². The minimum Gasteiger partial charge on any atom is -0.217 e. The zero-order chi connectivity index (χ0) is 7.56. The lowest BCUT2D eigenvalue weighted by Crippen LogP contribution is -1.63. The van der Waals surface area contributed by atoms with Crippen LogP contribution >= 0.6 is 46.5 Å². The lowest BCUT2D eigenvalue weighted by molar-refractivity contribution is 1.24. The van der Waals surface area contributed by atoms with Crippen LogP contribution in [0.25, 0.3) is 0 Å². The monoisotopic (exact) mass is 211 g/mol. The molecule has 0 aliphatic rings. The van der Waals surface area contributed by atoms with Crippen molar-refractivity contribution in [1.29, 1.82) is 0 Å². The lowest BCUT2D eigenvalue weighted by atomic mass is 11.0. The second kappa shape index (κ2) is 3.85. The van der Waals surface area contributed by atoms with Gasteiger partial charge in [-0.15, -0.1) is 11.8 Å². The summed E-state index contributed by atoms with van der Waals surface area (Å²) in [5.41, 5.74) is 0. The van der Waals surface area contributed by atoms with E-state index in [0.717, 1.165) is 8.55 Å². The van der Waals surface area contributed by atoms with Crippen molar-refractivity contribution in [2.45, 2.75) is 8.55 Å². The first-order chi connectivity index (χ1) is 4.77. The van der Waals surface area contributed by atoms with Gasteiger partial charge in [-0.3, -0.25) is 0 Å². The van der Waals surface area contributed by atoms with E-state index in [0.29, 0.717) is 5.15 Å². The van der Waals surface area contributed by atoms with Crippen LogP contribution in [0, 0.1) is 0 Å². The molecule has 56 valence electrons. The molecule has 0 N–H and O–H groups in total. The van der Waals surface area contributed by atoms with Gasteiger partial charge in [-0.1, -0.05) is 34.7 Å². The van der Waals surface area contributed by atoms with Crippen LogP contribution < -0.4 is 0 Å². The van der Waals surface area contributed by atoms with Crippen LogP contribution in [0.15, 0.2) is 8.55 Å². The average Bonchev–Trinajstić information content (AvgIpc) is 2.30. The van der Waals surface area contributed by atoms with Crippen molar-refractivity contribution in [1.82, 2.24) is 4.98 Å². The molecule has 0 bridgehead atoms. The molecule has 10 heavy (non-hydrogen) atoms. The van der Waals surface area contributed by atoms with Gasteiger partial charge in [0.2, 0.25) is 0 Å². The number of halogens is 1. The standard InChI is InChI=1S/C5H6ClNS3/c1-8-4-3(6)7-5(9-2)10-4/h1-2H3. The molecule has 0 radical (unpaired) electrons. The number of thioether (sulfide) groups is 2. The maximum absolute atomic E-state index is 5.79. The molecule has 0 saturated carbocycles. The van der Waals surface area contributed by atoms with Gasteiger partial charge in [0.05, 0.1) is 4.21 Å². The van der Waals surface area contributed by atoms with Crippen molar-refractivity contribution in [2.24, 2.45) is 0 Å². The van der Waals surface area contributed by atoms with E-state index in [1.54, 1.807) is 34.9 Å². The van der Waals surface area contributed by atoms with Gasteiger partial charge < -0.3 is 0 Å². The first kappa shape index (κ1) is 8.71. The van der Waals surface area contributed by atoms with E-state index in [4.69, 9.17) is 11.6 Å². The Morgan fingerprint density at radius 2 is 2.10 bits per heavy atom. The van der Waals surface area contributed by atoms with Gasteiger partial charge in [0.25, 0.3) is 0 Å². The largest absolute Gasteiger partial charge is 0.217 e. The predicted octanol–water partition coefficient (Wildman–Crippen LogP) is 3.24. The van der Waals surface area contributed by atoms with E-state index in [2.05, 4.69) is 4.98 Å². The summed E-state index contributed by atoms with van der Waals surface area (Å²) >= 11 is 10.7. The molecule has 0 unspecified atom stereocenters. The summed E-state index contributed by atoms with van der Waals surface area (Å²) in [7, 11) is 0. The molecule has 0 aliphatic heterocycles. The fourth-order valence-electron chi connectivity index (χ4n) is 0.483. The maximum atomic E-state index is 5.79. The normalized spacial score (nSPS) is 10.3. The molecular weight excluding hydrogens is 206 g/mol. The Morgan fingerprint density at radius 1 is 1.40 bits per heavy atom. The summed E-state index contributed by atoms with van der Waals surface area (Å²) in [4.78, 5) is 4.13. The molecule has 1 aromatic rings. The molecule has 0 fully saturated rings. The van der Waals surface area contributed by atoms with Crippen molar-refractivity contribution >= 4 is 46.5 Å². The third-order valence-corrected chi connectivity index (χ3v) is 4.54. The molecule has 0 aromatic carbocycles. The molecule has 1 heterocycles. The summed E-state index contributed by atoms with van der Waals surface area (Å²) in [6, 6.07) is 0. The lowest BCUT2D eigenvalue weighted by Gasteiger charge is -1.83. The van der Waals surface area contributed by atoms with Gasteiger partial charge in [0, 0.05) is 0 Å².